The molecule has 92 valence electrons. The van der Waals surface area contributed by atoms with Gasteiger partial charge in [-0.1, -0.05) is 0 Å². The molecular weight excluding hydrogens is 237 g/mol. The van der Waals surface area contributed by atoms with E-state index in [2.05, 4.69) is 17.2 Å². The zero-order valence-corrected chi connectivity index (χ0v) is 11.1. The Kier molecular flexibility index (Phi) is 7.08. The summed E-state index contributed by atoms with van der Waals surface area (Å²) >= 11 is 4.12. The van der Waals surface area contributed by atoms with Gasteiger partial charge >= 0.3 is 7.82 Å². The fourth-order valence-corrected chi connectivity index (χ4v) is 1.71. The first-order valence-corrected chi connectivity index (χ1v) is 7.06. The predicted octanol–water partition coefficient (Wildman–Crippen LogP) is 0.882. The Morgan fingerprint density at radius 3 is 2.33 bits per heavy atom. The topological polar surface area (TPSA) is 66.8 Å². The zero-order valence-electron chi connectivity index (χ0n) is 9.30. The van der Waals surface area contributed by atoms with Crippen molar-refractivity contribution in [2.75, 3.05) is 39.5 Å². The van der Waals surface area contributed by atoms with Crippen LogP contribution in [0.25, 0.3) is 0 Å². The van der Waals surface area contributed by atoms with Crippen molar-refractivity contribution in [1.29, 1.82) is 0 Å². The van der Waals surface area contributed by atoms with Gasteiger partial charge in [-0.05, 0) is 18.6 Å². The second-order valence-electron chi connectivity index (χ2n) is 4.14. The fourth-order valence-electron chi connectivity index (χ4n) is 1.17. The van der Waals surface area contributed by atoms with E-state index in [1.165, 1.54) is 0 Å². The Labute approximate surface area is 96.7 Å². The molecule has 15 heavy (non-hydrogen) atoms. The van der Waals surface area contributed by atoms with Gasteiger partial charge in [-0.2, -0.15) is 12.6 Å². The van der Waals surface area contributed by atoms with Gasteiger partial charge in [-0.25, -0.2) is 4.57 Å². The summed E-state index contributed by atoms with van der Waals surface area (Å²) in [6.07, 6.45) is 2.12. The Morgan fingerprint density at radius 2 is 1.87 bits per heavy atom. The van der Waals surface area contributed by atoms with Crippen LogP contribution >= 0.6 is 20.5 Å². The van der Waals surface area contributed by atoms with Crippen LogP contribution < -0.4 is 0 Å². The summed E-state index contributed by atoms with van der Waals surface area (Å²) in [5.74, 6) is 0.874. The van der Waals surface area contributed by atoms with Crippen LogP contribution in [0.15, 0.2) is 0 Å². The number of likely N-dealkylation sites (N-methyl/N-ethyl adjacent to an activating group) is 1. The van der Waals surface area contributed by atoms with Crippen molar-refractivity contribution in [2.24, 2.45) is 0 Å². The van der Waals surface area contributed by atoms with E-state index < -0.39 is 7.82 Å². The number of hydrogen-bond acceptors (Lipinski definition) is 3. The molecule has 0 saturated carbocycles. The molecule has 5 nitrogen and oxygen atoms in total. The number of unbranched alkanes of at least 4 members (excludes halogenated alkanes) is 1. The van der Waals surface area contributed by atoms with Crippen molar-refractivity contribution < 1.29 is 23.4 Å². The van der Waals surface area contributed by atoms with Gasteiger partial charge in [-0.15, -0.1) is 0 Å². The zero-order chi connectivity index (χ0) is 11.9. The first-order chi connectivity index (χ1) is 6.77. The van der Waals surface area contributed by atoms with Gasteiger partial charge in [0.1, 0.15) is 13.2 Å². The van der Waals surface area contributed by atoms with E-state index in [9.17, 15) is 4.57 Å². The van der Waals surface area contributed by atoms with Crippen LogP contribution in [-0.4, -0.2) is 53.8 Å². The molecule has 2 N–H and O–H groups in total. The number of rotatable bonds is 8. The summed E-state index contributed by atoms with van der Waals surface area (Å²) in [6, 6.07) is 0. The highest BCUT2D eigenvalue weighted by atomic mass is 32.1. The van der Waals surface area contributed by atoms with Crippen molar-refractivity contribution >= 4 is 20.5 Å². The molecule has 0 spiro atoms. The maximum absolute atomic E-state index is 10.4. The van der Waals surface area contributed by atoms with Crippen LogP contribution in [0.5, 0.6) is 0 Å². The minimum atomic E-state index is -4.31. The molecule has 0 aromatic heterocycles. The molecule has 0 fully saturated rings. The molecule has 0 aliphatic heterocycles. The third kappa shape index (κ3) is 10.7. The maximum atomic E-state index is 10.4. The second-order valence-corrected chi connectivity index (χ2v) is 5.82. The van der Waals surface area contributed by atoms with Crippen molar-refractivity contribution in [2.45, 2.75) is 12.8 Å². The average molecular weight is 258 g/mol. The Balaban J connectivity index is 3.69. The van der Waals surface area contributed by atoms with Crippen molar-refractivity contribution in [3.05, 3.63) is 0 Å². The normalized spacial score (nSPS) is 13.1. The van der Waals surface area contributed by atoms with Crippen LogP contribution in [0.1, 0.15) is 12.8 Å². The van der Waals surface area contributed by atoms with Crippen LogP contribution in [0.3, 0.4) is 0 Å². The Bertz CT molecular complexity index is 219. The summed E-state index contributed by atoms with van der Waals surface area (Å²) in [5.41, 5.74) is 0. The maximum Gasteiger partial charge on any atom is 0.469 e. The van der Waals surface area contributed by atoms with Gasteiger partial charge in [0.05, 0.1) is 20.6 Å². The van der Waals surface area contributed by atoms with E-state index in [0.29, 0.717) is 11.0 Å². The van der Waals surface area contributed by atoms with E-state index in [4.69, 9.17) is 9.79 Å². The van der Waals surface area contributed by atoms with Crippen molar-refractivity contribution in [3.63, 3.8) is 0 Å². The van der Waals surface area contributed by atoms with Crippen molar-refractivity contribution in [3.8, 4) is 0 Å². The molecule has 0 atom stereocenters. The number of hydrogen-bond donors (Lipinski definition) is 3. The van der Waals surface area contributed by atoms with Crippen LogP contribution in [0.4, 0.5) is 0 Å². The van der Waals surface area contributed by atoms with Gasteiger partial charge in [0, 0.05) is 0 Å². The molecule has 0 aromatic carbocycles. The summed E-state index contributed by atoms with van der Waals surface area (Å²) in [4.78, 5) is 17.0. The molecule has 0 saturated heterocycles. The summed E-state index contributed by atoms with van der Waals surface area (Å²) < 4.78 is 15.5. The summed E-state index contributed by atoms with van der Waals surface area (Å²) in [6.45, 7) is 1.64. The van der Waals surface area contributed by atoms with Gasteiger partial charge in [-0.3, -0.25) is 4.52 Å². The van der Waals surface area contributed by atoms with E-state index >= 15 is 0 Å². The van der Waals surface area contributed by atoms with Crippen LogP contribution in [-0.2, 0) is 9.09 Å². The van der Waals surface area contributed by atoms with Gasteiger partial charge in [0.2, 0.25) is 0 Å². The predicted molar refractivity (Wildman–Crippen MR) is 62.9 cm³/mol. The lowest BCUT2D eigenvalue weighted by Crippen LogP contribution is -2.42. The number of phosphoric acid groups is 1. The molecular formula is C8H21NO4PS+. The lowest BCUT2D eigenvalue weighted by Gasteiger charge is -2.29. The minimum Gasteiger partial charge on any atom is -0.327 e. The lowest BCUT2D eigenvalue weighted by molar-refractivity contribution is -0.890. The average Bonchev–Trinajstić information content (AvgIpc) is 2.01. The highest BCUT2D eigenvalue weighted by Gasteiger charge is 2.18. The highest BCUT2D eigenvalue weighted by Crippen LogP contribution is 2.35. The highest BCUT2D eigenvalue weighted by molar-refractivity contribution is 7.80. The third-order valence-corrected chi connectivity index (χ3v) is 2.96. The third-order valence-electron chi connectivity index (χ3n) is 2.13. The molecule has 0 amide bonds. The Morgan fingerprint density at radius 1 is 1.27 bits per heavy atom. The Hall–Kier alpha value is 0.420. The van der Waals surface area contributed by atoms with Crippen LogP contribution in [0.2, 0.25) is 0 Å². The lowest BCUT2D eigenvalue weighted by atomic mass is 10.3. The van der Waals surface area contributed by atoms with E-state index in [1.807, 2.05) is 14.1 Å². The molecule has 0 bridgehead atoms. The molecule has 0 aliphatic carbocycles. The van der Waals surface area contributed by atoms with Crippen LogP contribution in [0, 0.1) is 0 Å². The summed E-state index contributed by atoms with van der Waals surface area (Å²) in [5, 5.41) is 0. The molecule has 0 heterocycles. The second kappa shape index (κ2) is 6.89. The standard InChI is InChI=1S/C8H20NO4PS/c1-9(2,5-3-4-8-15)6-7-13-14(10,11)12/h3-8H2,1-2H3,(H2-,10,11,12,15)/p+1. The number of phosphoric ester groups is 1. The first kappa shape index (κ1) is 15.4. The number of thiol groups is 1. The SMILES string of the molecule is C[N+](C)(CCCCS)CCOP(=O)(O)O. The van der Waals surface area contributed by atoms with Gasteiger partial charge in [0.15, 0.2) is 0 Å². The van der Waals surface area contributed by atoms with Crippen molar-refractivity contribution in [1.82, 2.24) is 0 Å². The largest absolute Gasteiger partial charge is 0.469 e. The molecule has 0 unspecified atom stereocenters. The first-order valence-electron chi connectivity index (χ1n) is 4.90. The van der Waals surface area contributed by atoms with E-state index in [0.717, 1.165) is 25.1 Å². The summed E-state index contributed by atoms with van der Waals surface area (Å²) in [7, 11) is -0.275. The number of quaternary nitrogens is 1. The minimum absolute atomic E-state index is 0.0815. The van der Waals surface area contributed by atoms with E-state index in [-0.39, 0.29) is 6.61 Å². The molecule has 0 rings (SSSR count). The number of nitrogens with zero attached hydrogens (tertiary/aromatic N) is 1. The fraction of sp³-hybridized carbons (Fsp3) is 1.00. The monoisotopic (exact) mass is 258 g/mol. The quantitative estimate of drug-likeness (QED) is 0.262. The molecule has 7 heteroatoms. The van der Waals surface area contributed by atoms with E-state index in [1.54, 1.807) is 0 Å². The molecule has 0 aliphatic rings. The molecule has 0 aromatic rings. The van der Waals surface area contributed by atoms with Gasteiger partial charge < -0.3 is 14.3 Å². The smallest absolute Gasteiger partial charge is 0.327 e. The van der Waals surface area contributed by atoms with Gasteiger partial charge in [0.25, 0.3) is 0 Å². The molecule has 0 radical (unpaired) electrons.